The number of hydrogen-bond acceptors (Lipinski definition) is 2. The predicted molar refractivity (Wildman–Crippen MR) is 88.8 cm³/mol. The second-order valence-electron chi connectivity index (χ2n) is 5.52. The van der Waals surface area contributed by atoms with E-state index >= 15 is 0 Å². The summed E-state index contributed by atoms with van der Waals surface area (Å²) >= 11 is 0. The molecule has 0 aliphatic rings. The van der Waals surface area contributed by atoms with E-state index in [4.69, 9.17) is 4.42 Å². The molecule has 0 aliphatic heterocycles. The van der Waals surface area contributed by atoms with Crippen molar-refractivity contribution >= 4 is 11.6 Å². The number of furan rings is 1. The van der Waals surface area contributed by atoms with Crippen LogP contribution in [0.5, 0.6) is 0 Å². The number of amides is 1. The number of carbonyl (C=O) groups excluding carboxylic acids is 1. The van der Waals surface area contributed by atoms with Crippen molar-refractivity contribution in [3.63, 3.8) is 0 Å². The molecule has 3 rings (SSSR count). The lowest BCUT2D eigenvalue weighted by Crippen LogP contribution is -2.87. The maximum Gasteiger partial charge on any atom is 0.279 e. The van der Waals surface area contributed by atoms with Crippen molar-refractivity contribution in [1.29, 1.82) is 0 Å². The first kappa shape index (κ1) is 16.9. The van der Waals surface area contributed by atoms with E-state index in [1.807, 2.05) is 36.4 Å². The zero-order chi connectivity index (χ0) is 17.6. The van der Waals surface area contributed by atoms with E-state index < -0.39 is 17.5 Å². The third kappa shape index (κ3) is 4.30. The molecule has 0 bridgehead atoms. The van der Waals surface area contributed by atoms with Gasteiger partial charge in [0.15, 0.2) is 18.3 Å². The monoisotopic (exact) mass is 343 g/mol. The molecular weight excluding hydrogens is 326 g/mol. The summed E-state index contributed by atoms with van der Waals surface area (Å²) in [6.45, 7) is 0.0240. The van der Waals surface area contributed by atoms with Gasteiger partial charge in [-0.15, -0.1) is 0 Å². The number of nitrogens with two attached hydrogens (primary N) is 1. The van der Waals surface area contributed by atoms with Gasteiger partial charge in [-0.3, -0.25) is 4.79 Å². The van der Waals surface area contributed by atoms with E-state index in [0.717, 1.165) is 23.8 Å². The molecule has 3 aromatic rings. The molecule has 0 saturated heterocycles. The SMILES string of the molecule is O=C(C[NH2+][C@@H](c1ccccc1)c1ccco1)Nc1cc(F)ccc1F. The van der Waals surface area contributed by atoms with E-state index in [2.05, 4.69) is 5.32 Å². The van der Waals surface area contributed by atoms with Gasteiger partial charge in [0.05, 0.1) is 12.0 Å². The molecule has 1 heterocycles. The molecule has 0 saturated carbocycles. The number of carbonyl (C=O) groups is 1. The van der Waals surface area contributed by atoms with Gasteiger partial charge in [-0.1, -0.05) is 30.3 Å². The number of anilines is 1. The van der Waals surface area contributed by atoms with Crippen molar-refractivity contribution in [1.82, 2.24) is 0 Å². The highest BCUT2D eigenvalue weighted by Crippen LogP contribution is 2.18. The second kappa shape index (κ2) is 7.72. The van der Waals surface area contributed by atoms with Gasteiger partial charge in [-0.2, -0.15) is 0 Å². The van der Waals surface area contributed by atoms with Crippen LogP contribution in [0.4, 0.5) is 14.5 Å². The van der Waals surface area contributed by atoms with Crippen molar-refractivity contribution in [2.24, 2.45) is 0 Å². The van der Waals surface area contributed by atoms with Gasteiger partial charge in [0, 0.05) is 11.6 Å². The zero-order valence-corrected chi connectivity index (χ0v) is 13.3. The predicted octanol–water partition coefficient (Wildman–Crippen LogP) is 2.85. The molecular formula is C19H17F2N2O2+. The summed E-state index contributed by atoms with van der Waals surface area (Å²) in [7, 11) is 0. The first-order valence-corrected chi connectivity index (χ1v) is 7.80. The van der Waals surface area contributed by atoms with E-state index in [-0.39, 0.29) is 18.3 Å². The number of benzene rings is 2. The molecule has 0 radical (unpaired) electrons. The summed E-state index contributed by atoms with van der Waals surface area (Å²) in [5.74, 6) is -1.02. The molecule has 1 atom stereocenters. The van der Waals surface area contributed by atoms with Crippen LogP contribution in [0.15, 0.2) is 71.3 Å². The minimum atomic E-state index is -0.680. The molecule has 1 aromatic heterocycles. The molecule has 128 valence electrons. The first-order chi connectivity index (χ1) is 12.1. The Hall–Kier alpha value is -2.99. The summed E-state index contributed by atoms with van der Waals surface area (Å²) in [5, 5.41) is 4.17. The second-order valence-corrected chi connectivity index (χ2v) is 5.52. The molecule has 0 spiro atoms. The molecule has 0 fully saturated rings. The molecule has 25 heavy (non-hydrogen) atoms. The molecule has 4 nitrogen and oxygen atoms in total. The fourth-order valence-corrected chi connectivity index (χ4v) is 2.56. The van der Waals surface area contributed by atoms with Crippen molar-refractivity contribution in [2.75, 3.05) is 11.9 Å². The van der Waals surface area contributed by atoms with Gasteiger partial charge < -0.3 is 15.1 Å². The average Bonchev–Trinajstić information content (AvgIpc) is 3.14. The van der Waals surface area contributed by atoms with Crippen LogP contribution in [-0.4, -0.2) is 12.5 Å². The Morgan fingerprint density at radius 2 is 1.88 bits per heavy atom. The molecule has 0 unspecified atom stereocenters. The van der Waals surface area contributed by atoms with Crippen LogP contribution in [0, 0.1) is 11.6 Å². The lowest BCUT2D eigenvalue weighted by atomic mass is 10.0. The van der Waals surface area contributed by atoms with Gasteiger partial charge in [0.25, 0.3) is 5.91 Å². The number of hydrogen-bond donors (Lipinski definition) is 2. The van der Waals surface area contributed by atoms with E-state index in [9.17, 15) is 13.6 Å². The Balaban J connectivity index is 1.69. The topological polar surface area (TPSA) is 58.9 Å². The summed E-state index contributed by atoms with van der Waals surface area (Å²) in [6.07, 6.45) is 1.57. The lowest BCUT2D eigenvalue weighted by Gasteiger charge is -2.14. The van der Waals surface area contributed by atoms with Gasteiger partial charge >= 0.3 is 0 Å². The quantitative estimate of drug-likeness (QED) is 0.723. The van der Waals surface area contributed by atoms with E-state index in [1.54, 1.807) is 17.6 Å². The standard InChI is InChI=1S/C19H16F2N2O2/c20-14-8-9-15(21)16(11-14)23-18(24)12-22-19(17-7-4-10-25-17)13-5-2-1-3-6-13/h1-11,19,22H,12H2,(H,23,24)/p+1/t19-/m0/s1. The minimum Gasteiger partial charge on any atom is -0.463 e. The zero-order valence-electron chi connectivity index (χ0n) is 13.3. The number of halogens is 2. The van der Waals surface area contributed by atoms with E-state index in [0.29, 0.717) is 5.76 Å². The van der Waals surface area contributed by atoms with Crippen LogP contribution < -0.4 is 10.6 Å². The van der Waals surface area contributed by atoms with Gasteiger partial charge in [0.1, 0.15) is 11.6 Å². The third-order valence-corrected chi connectivity index (χ3v) is 3.75. The molecule has 6 heteroatoms. The Bertz CT molecular complexity index is 836. The van der Waals surface area contributed by atoms with Gasteiger partial charge in [-0.05, 0) is 24.3 Å². The fourth-order valence-electron chi connectivity index (χ4n) is 2.56. The van der Waals surface area contributed by atoms with E-state index in [1.165, 1.54) is 0 Å². The Morgan fingerprint density at radius 3 is 2.60 bits per heavy atom. The maximum absolute atomic E-state index is 13.6. The van der Waals surface area contributed by atoms with Crippen LogP contribution >= 0.6 is 0 Å². The summed E-state index contributed by atoms with van der Waals surface area (Å²) in [6, 6.07) is 15.9. The normalized spacial score (nSPS) is 11.9. The maximum atomic E-state index is 13.6. The molecule has 3 N–H and O–H groups in total. The van der Waals surface area contributed by atoms with Crippen LogP contribution in [-0.2, 0) is 4.79 Å². The Labute approximate surface area is 143 Å². The van der Waals surface area contributed by atoms with Crippen LogP contribution in [0.3, 0.4) is 0 Å². The highest BCUT2D eigenvalue weighted by Gasteiger charge is 2.21. The average molecular weight is 343 g/mol. The summed E-state index contributed by atoms with van der Waals surface area (Å²) in [4.78, 5) is 12.1. The highest BCUT2D eigenvalue weighted by atomic mass is 19.1. The van der Waals surface area contributed by atoms with Crippen molar-refractivity contribution < 1.29 is 23.3 Å². The van der Waals surface area contributed by atoms with Crippen LogP contribution in [0.2, 0.25) is 0 Å². The first-order valence-electron chi connectivity index (χ1n) is 7.80. The van der Waals surface area contributed by atoms with Gasteiger partial charge in [0.2, 0.25) is 0 Å². The van der Waals surface area contributed by atoms with Crippen molar-refractivity contribution in [3.8, 4) is 0 Å². The van der Waals surface area contributed by atoms with Gasteiger partial charge in [-0.25, -0.2) is 8.78 Å². The molecule has 0 aliphatic carbocycles. The highest BCUT2D eigenvalue weighted by molar-refractivity contribution is 5.91. The summed E-state index contributed by atoms with van der Waals surface area (Å²) in [5.41, 5.74) is 0.801. The minimum absolute atomic E-state index is 0.0240. The van der Waals surface area contributed by atoms with Crippen molar-refractivity contribution in [3.05, 3.63) is 89.9 Å². The Kier molecular flexibility index (Phi) is 5.20. The largest absolute Gasteiger partial charge is 0.463 e. The Morgan fingerprint density at radius 1 is 1.08 bits per heavy atom. The molecule has 2 aromatic carbocycles. The summed E-state index contributed by atoms with van der Waals surface area (Å²) < 4.78 is 32.3. The van der Waals surface area contributed by atoms with Crippen molar-refractivity contribution in [2.45, 2.75) is 6.04 Å². The number of rotatable bonds is 6. The number of quaternary nitrogens is 1. The number of nitrogens with one attached hydrogen (secondary N) is 1. The third-order valence-electron chi connectivity index (χ3n) is 3.75. The van der Waals surface area contributed by atoms with Crippen LogP contribution in [0.25, 0.3) is 0 Å². The molecule has 1 amide bonds. The fraction of sp³-hybridized carbons (Fsp3) is 0.105. The van der Waals surface area contributed by atoms with Crippen LogP contribution in [0.1, 0.15) is 17.4 Å². The lowest BCUT2D eigenvalue weighted by molar-refractivity contribution is -0.678. The smallest absolute Gasteiger partial charge is 0.279 e.